The summed E-state index contributed by atoms with van der Waals surface area (Å²) in [5.74, 6) is 1.81. The maximum absolute atomic E-state index is 12.6. The lowest BCUT2D eigenvalue weighted by atomic mass is 10.0. The molecule has 1 aliphatic rings. The van der Waals surface area contributed by atoms with Crippen LogP contribution < -0.4 is 30.5 Å². The topological polar surface area (TPSA) is 93.2 Å². The van der Waals surface area contributed by atoms with Crippen molar-refractivity contribution in [1.82, 2.24) is 16.3 Å². The highest BCUT2D eigenvalue weighted by atomic mass is 16.5. The van der Waals surface area contributed by atoms with E-state index in [0.717, 1.165) is 22.4 Å². The van der Waals surface area contributed by atoms with E-state index in [0.29, 0.717) is 24.5 Å². The zero-order chi connectivity index (χ0) is 26.3. The molecule has 38 heavy (non-hydrogen) atoms. The van der Waals surface area contributed by atoms with Gasteiger partial charge in [-0.15, -0.1) is 0 Å². The number of rotatable bonds is 9. The van der Waals surface area contributed by atoms with Crippen LogP contribution in [0, 0.1) is 0 Å². The van der Waals surface area contributed by atoms with Gasteiger partial charge in [-0.3, -0.25) is 4.79 Å². The number of hydrogen-bond acceptors (Lipinski definition) is 7. The molecule has 0 aromatic heterocycles. The Bertz CT molecular complexity index is 1430. The Labute approximate surface area is 221 Å². The Morgan fingerprint density at radius 1 is 0.947 bits per heavy atom. The van der Waals surface area contributed by atoms with Gasteiger partial charge in [0.25, 0.3) is 5.91 Å². The highest BCUT2D eigenvalue weighted by Gasteiger charge is 2.30. The Kier molecular flexibility index (Phi) is 7.82. The Hall–Kier alpha value is -4.40. The maximum atomic E-state index is 12.6. The van der Waals surface area contributed by atoms with Crippen molar-refractivity contribution in [1.29, 1.82) is 0 Å². The molecule has 1 aliphatic heterocycles. The van der Waals surface area contributed by atoms with Crippen LogP contribution in [0.4, 0.5) is 0 Å². The molecule has 8 nitrogen and oxygen atoms in total. The number of hydrazine groups is 1. The van der Waals surface area contributed by atoms with Crippen molar-refractivity contribution < 1.29 is 19.0 Å². The fourth-order valence-electron chi connectivity index (χ4n) is 4.50. The highest BCUT2D eigenvalue weighted by Crippen LogP contribution is 2.27. The SMILES string of the molecule is COc1ccc(/C=N\NC(=O)C2CC(c3ccc(OCc4cccc5ccccc45)cc3)NN2)cc1OC. The molecule has 8 heteroatoms. The number of amides is 1. The van der Waals surface area contributed by atoms with E-state index in [9.17, 15) is 4.79 Å². The molecule has 2 atom stereocenters. The normalized spacial score (nSPS) is 17.0. The molecule has 2 unspecified atom stereocenters. The molecule has 1 amide bonds. The smallest absolute Gasteiger partial charge is 0.258 e. The van der Waals surface area contributed by atoms with E-state index in [1.807, 2.05) is 42.5 Å². The summed E-state index contributed by atoms with van der Waals surface area (Å²) in [7, 11) is 3.15. The van der Waals surface area contributed by atoms with Crippen molar-refractivity contribution in [3.63, 3.8) is 0 Å². The molecule has 1 fully saturated rings. The number of carbonyl (C=O) groups is 1. The molecule has 0 radical (unpaired) electrons. The minimum absolute atomic E-state index is 0.00676. The van der Waals surface area contributed by atoms with E-state index in [2.05, 4.69) is 51.7 Å². The number of benzene rings is 4. The quantitative estimate of drug-likeness (QED) is 0.227. The van der Waals surface area contributed by atoms with Crippen LogP contribution in [-0.4, -0.2) is 32.4 Å². The van der Waals surface area contributed by atoms with Gasteiger partial charge in [0, 0.05) is 6.04 Å². The van der Waals surface area contributed by atoms with Gasteiger partial charge < -0.3 is 14.2 Å². The molecule has 0 bridgehead atoms. The number of hydrazone groups is 1. The van der Waals surface area contributed by atoms with E-state index in [-0.39, 0.29) is 11.9 Å². The third kappa shape index (κ3) is 5.77. The fraction of sp³-hybridized carbons (Fsp3) is 0.200. The lowest BCUT2D eigenvalue weighted by Gasteiger charge is -2.12. The van der Waals surface area contributed by atoms with Gasteiger partial charge in [0.05, 0.1) is 20.4 Å². The summed E-state index contributed by atoms with van der Waals surface area (Å²) in [6, 6.07) is 27.5. The number of nitrogens with one attached hydrogen (secondary N) is 3. The Morgan fingerprint density at radius 2 is 1.74 bits per heavy atom. The van der Waals surface area contributed by atoms with Gasteiger partial charge in [0.1, 0.15) is 18.4 Å². The molecule has 0 spiro atoms. The first-order chi connectivity index (χ1) is 18.6. The first-order valence-electron chi connectivity index (χ1n) is 12.4. The monoisotopic (exact) mass is 510 g/mol. The van der Waals surface area contributed by atoms with Crippen LogP contribution >= 0.6 is 0 Å². The fourth-order valence-corrected chi connectivity index (χ4v) is 4.50. The minimum atomic E-state index is -0.412. The van der Waals surface area contributed by atoms with Crippen molar-refractivity contribution in [3.05, 3.63) is 102 Å². The molecule has 4 aromatic carbocycles. The molecule has 5 rings (SSSR count). The lowest BCUT2D eigenvalue weighted by Crippen LogP contribution is -2.41. The maximum Gasteiger partial charge on any atom is 0.258 e. The molecule has 194 valence electrons. The highest BCUT2D eigenvalue weighted by molar-refractivity contribution is 5.86. The number of hydrogen-bond donors (Lipinski definition) is 3. The predicted octanol–water partition coefficient (Wildman–Crippen LogP) is 4.49. The van der Waals surface area contributed by atoms with Crippen molar-refractivity contribution >= 4 is 22.9 Å². The van der Waals surface area contributed by atoms with E-state index in [4.69, 9.17) is 14.2 Å². The molecular weight excluding hydrogens is 480 g/mol. The Morgan fingerprint density at radius 3 is 2.55 bits per heavy atom. The van der Waals surface area contributed by atoms with Crippen LogP contribution in [0.1, 0.15) is 29.2 Å². The first-order valence-corrected chi connectivity index (χ1v) is 12.4. The second-order valence-electron chi connectivity index (χ2n) is 8.97. The van der Waals surface area contributed by atoms with Crippen LogP contribution in [0.5, 0.6) is 17.2 Å². The standard InChI is InChI=1S/C30H30N4O4/c1-36-28-15-10-20(16-29(28)37-2)18-31-34-30(35)27-17-26(32-33-27)22-11-13-24(14-12-22)38-19-23-8-5-7-21-6-3-4-9-25(21)23/h3-16,18,26-27,32-33H,17,19H2,1-2H3,(H,34,35)/b31-18-. The number of carbonyl (C=O) groups excluding carboxylic acids is 1. The molecule has 1 heterocycles. The number of methoxy groups -OCH3 is 2. The van der Waals surface area contributed by atoms with Gasteiger partial charge >= 0.3 is 0 Å². The number of nitrogens with zero attached hydrogens (tertiary/aromatic N) is 1. The van der Waals surface area contributed by atoms with E-state index in [1.165, 1.54) is 10.8 Å². The zero-order valence-corrected chi connectivity index (χ0v) is 21.3. The van der Waals surface area contributed by atoms with Gasteiger partial charge in [-0.25, -0.2) is 16.3 Å². The minimum Gasteiger partial charge on any atom is -0.493 e. The van der Waals surface area contributed by atoms with E-state index >= 15 is 0 Å². The molecule has 4 aromatic rings. The van der Waals surface area contributed by atoms with Crippen LogP contribution in [0.2, 0.25) is 0 Å². The summed E-state index contributed by atoms with van der Waals surface area (Å²) in [5, 5.41) is 6.49. The predicted molar refractivity (Wildman–Crippen MR) is 147 cm³/mol. The lowest BCUT2D eigenvalue weighted by molar-refractivity contribution is -0.122. The van der Waals surface area contributed by atoms with Crippen LogP contribution in [0.15, 0.2) is 90.0 Å². The van der Waals surface area contributed by atoms with Gasteiger partial charge in [-0.2, -0.15) is 5.10 Å². The number of ether oxygens (including phenoxy) is 3. The third-order valence-electron chi connectivity index (χ3n) is 6.57. The van der Waals surface area contributed by atoms with Gasteiger partial charge in [-0.05, 0) is 64.2 Å². The van der Waals surface area contributed by atoms with Crippen LogP contribution in [-0.2, 0) is 11.4 Å². The zero-order valence-electron chi connectivity index (χ0n) is 21.3. The second kappa shape index (κ2) is 11.8. The largest absolute Gasteiger partial charge is 0.493 e. The van der Waals surface area contributed by atoms with Gasteiger partial charge in [-0.1, -0.05) is 54.6 Å². The van der Waals surface area contributed by atoms with Gasteiger partial charge in [0.2, 0.25) is 0 Å². The van der Waals surface area contributed by atoms with Crippen molar-refractivity contribution in [2.75, 3.05) is 14.2 Å². The first kappa shape index (κ1) is 25.3. The summed E-state index contributed by atoms with van der Waals surface area (Å²) >= 11 is 0. The summed E-state index contributed by atoms with van der Waals surface area (Å²) in [4.78, 5) is 12.6. The van der Waals surface area contributed by atoms with Crippen molar-refractivity contribution in [2.45, 2.75) is 25.1 Å². The van der Waals surface area contributed by atoms with E-state index in [1.54, 1.807) is 32.6 Å². The second-order valence-corrected chi connectivity index (χ2v) is 8.97. The molecule has 1 saturated heterocycles. The average Bonchev–Trinajstić information content (AvgIpc) is 3.47. The van der Waals surface area contributed by atoms with Crippen LogP contribution in [0.25, 0.3) is 10.8 Å². The summed E-state index contributed by atoms with van der Waals surface area (Å²) in [6.07, 6.45) is 2.16. The molecule has 0 saturated carbocycles. The number of fused-ring (bicyclic) bond motifs is 1. The summed E-state index contributed by atoms with van der Waals surface area (Å²) in [6.45, 7) is 0.496. The summed E-state index contributed by atoms with van der Waals surface area (Å²) in [5.41, 5.74) is 11.9. The van der Waals surface area contributed by atoms with Crippen LogP contribution in [0.3, 0.4) is 0 Å². The Balaban J connectivity index is 1.13. The molecule has 3 N–H and O–H groups in total. The molecular formula is C30H30N4O4. The average molecular weight is 511 g/mol. The third-order valence-corrected chi connectivity index (χ3v) is 6.57. The van der Waals surface area contributed by atoms with Crippen molar-refractivity contribution in [2.24, 2.45) is 5.10 Å². The summed E-state index contributed by atoms with van der Waals surface area (Å²) < 4.78 is 16.6. The van der Waals surface area contributed by atoms with Crippen molar-refractivity contribution in [3.8, 4) is 17.2 Å². The van der Waals surface area contributed by atoms with Gasteiger partial charge in [0.15, 0.2) is 11.5 Å². The van der Waals surface area contributed by atoms with E-state index < -0.39 is 6.04 Å². The molecule has 0 aliphatic carbocycles.